The summed E-state index contributed by atoms with van der Waals surface area (Å²) < 4.78 is 4.89. The summed E-state index contributed by atoms with van der Waals surface area (Å²) in [5.74, 6) is -1.46. The lowest BCUT2D eigenvalue weighted by Crippen LogP contribution is -2.22. The molecule has 0 saturated heterocycles. The van der Waals surface area contributed by atoms with Gasteiger partial charge in [-0.15, -0.1) is 0 Å². The Bertz CT molecular complexity index is 758. The molecule has 1 aromatic heterocycles. The largest absolute Gasteiger partial charge is 0.452 e. The minimum atomic E-state index is -0.745. The van der Waals surface area contributed by atoms with E-state index in [2.05, 4.69) is 10.3 Å². The van der Waals surface area contributed by atoms with Crippen LogP contribution >= 0.6 is 0 Å². The van der Waals surface area contributed by atoms with Gasteiger partial charge in [0.05, 0.1) is 5.69 Å². The monoisotopic (exact) mass is 313 g/mol. The van der Waals surface area contributed by atoms with Crippen molar-refractivity contribution in [3.05, 3.63) is 53.7 Å². The zero-order valence-corrected chi connectivity index (χ0v) is 12.4. The Labute approximate surface area is 132 Å². The maximum Gasteiger partial charge on any atom is 0.342 e. The van der Waals surface area contributed by atoms with E-state index in [4.69, 9.17) is 10.5 Å². The normalized spacial score (nSPS) is 9.96. The number of carbonyl (C=O) groups excluding carboxylic acids is 3. The van der Waals surface area contributed by atoms with E-state index in [9.17, 15) is 14.4 Å². The third-order valence-electron chi connectivity index (χ3n) is 2.97. The fraction of sp³-hybridized carbons (Fsp3) is 0.125. The molecule has 0 unspecified atom stereocenters. The van der Waals surface area contributed by atoms with Crippen molar-refractivity contribution >= 4 is 29.2 Å². The first-order valence-electron chi connectivity index (χ1n) is 6.76. The Balaban J connectivity index is 1.97. The highest BCUT2D eigenvalue weighted by molar-refractivity contribution is 6.04. The van der Waals surface area contributed by atoms with Crippen molar-refractivity contribution in [2.24, 2.45) is 0 Å². The van der Waals surface area contributed by atoms with Gasteiger partial charge in [0, 0.05) is 11.8 Å². The quantitative estimate of drug-likeness (QED) is 0.641. The number of pyridine rings is 1. The van der Waals surface area contributed by atoms with Gasteiger partial charge in [0.15, 0.2) is 12.4 Å². The van der Waals surface area contributed by atoms with Crippen molar-refractivity contribution < 1.29 is 19.1 Å². The molecule has 118 valence electrons. The first kappa shape index (κ1) is 16.2. The number of anilines is 2. The molecule has 0 saturated carbocycles. The molecule has 0 aliphatic rings. The van der Waals surface area contributed by atoms with E-state index in [-0.39, 0.29) is 17.2 Å². The summed E-state index contributed by atoms with van der Waals surface area (Å²) in [6.07, 6.45) is 1.44. The fourth-order valence-electron chi connectivity index (χ4n) is 1.88. The number of nitrogen functional groups attached to an aromatic ring is 1. The van der Waals surface area contributed by atoms with Gasteiger partial charge < -0.3 is 15.8 Å². The second kappa shape index (κ2) is 7.17. The number of nitrogens with one attached hydrogen (secondary N) is 1. The van der Waals surface area contributed by atoms with Crippen LogP contribution in [0.5, 0.6) is 0 Å². The maximum absolute atomic E-state index is 11.9. The number of aromatic nitrogens is 1. The number of carbonyl (C=O) groups is 3. The number of nitrogens with two attached hydrogens (primary N) is 1. The first-order valence-corrected chi connectivity index (χ1v) is 6.76. The molecule has 0 spiro atoms. The highest BCUT2D eigenvalue weighted by Crippen LogP contribution is 2.15. The van der Waals surface area contributed by atoms with Crippen molar-refractivity contribution in [1.82, 2.24) is 4.98 Å². The molecule has 1 aromatic carbocycles. The molecule has 0 aliphatic heterocycles. The van der Waals surface area contributed by atoms with Gasteiger partial charge in [-0.25, -0.2) is 9.78 Å². The van der Waals surface area contributed by atoms with Crippen molar-refractivity contribution in [3.8, 4) is 0 Å². The Morgan fingerprint density at radius 1 is 1.13 bits per heavy atom. The summed E-state index contributed by atoms with van der Waals surface area (Å²) in [4.78, 5) is 38.9. The van der Waals surface area contributed by atoms with Crippen LogP contribution < -0.4 is 11.1 Å². The molecule has 3 N–H and O–H groups in total. The van der Waals surface area contributed by atoms with Gasteiger partial charge >= 0.3 is 5.97 Å². The van der Waals surface area contributed by atoms with Crippen LogP contribution in [0, 0.1) is 0 Å². The van der Waals surface area contributed by atoms with Crippen molar-refractivity contribution in [2.75, 3.05) is 17.7 Å². The summed E-state index contributed by atoms with van der Waals surface area (Å²) in [5, 5.41) is 2.53. The summed E-state index contributed by atoms with van der Waals surface area (Å²) >= 11 is 0. The average Bonchev–Trinajstić information content (AvgIpc) is 2.53. The number of amides is 1. The third-order valence-corrected chi connectivity index (χ3v) is 2.97. The Morgan fingerprint density at radius 2 is 1.83 bits per heavy atom. The molecule has 0 atom stereocenters. The van der Waals surface area contributed by atoms with Crippen LogP contribution in [0.1, 0.15) is 27.6 Å². The van der Waals surface area contributed by atoms with Gasteiger partial charge in [0.25, 0.3) is 5.91 Å². The number of Topliss-reactive ketones (excluding diaryl/α,β-unsaturated/α-hetero) is 1. The maximum atomic E-state index is 11.9. The van der Waals surface area contributed by atoms with E-state index in [0.29, 0.717) is 11.3 Å². The van der Waals surface area contributed by atoms with Crippen molar-refractivity contribution in [1.29, 1.82) is 0 Å². The minimum absolute atomic E-state index is 0.0276. The smallest absolute Gasteiger partial charge is 0.342 e. The van der Waals surface area contributed by atoms with Gasteiger partial charge in [0.2, 0.25) is 0 Å². The second-order valence-electron chi connectivity index (χ2n) is 4.66. The van der Waals surface area contributed by atoms with Crippen LogP contribution in [0.4, 0.5) is 11.5 Å². The van der Waals surface area contributed by atoms with E-state index < -0.39 is 18.5 Å². The lowest BCUT2D eigenvalue weighted by atomic mass is 10.1. The zero-order valence-electron chi connectivity index (χ0n) is 12.4. The highest BCUT2D eigenvalue weighted by atomic mass is 16.5. The second-order valence-corrected chi connectivity index (χ2v) is 4.66. The number of hydrogen-bond acceptors (Lipinski definition) is 6. The van der Waals surface area contributed by atoms with E-state index in [0.717, 1.165) is 0 Å². The number of nitrogens with zero attached hydrogens (tertiary/aromatic N) is 1. The molecule has 23 heavy (non-hydrogen) atoms. The molecule has 0 fully saturated rings. The minimum Gasteiger partial charge on any atom is -0.452 e. The molecule has 0 radical (unpaired) electrons. The van der Waals surface area contributed by atoms with Crippen LogP contribution in [0.2, 0.25) is 0 Å². The van der Waals surface area contributed by atoms with E-state index >= 15 is 0 Å². The number of esters is 1. The van der Waals surface area contributed by atoms with Crippen LogP contribution in [0.15, 0.2) is 42.6 Å². The number of para-hydroxylation sites is 1. The number of rotatable bonds is 5. The SMILES string of the molecule is CC(=O)c1ccccc1NC(=O)COC(=O)c1cccnc1N. The molecule has 0 aliphatic carbocycles. The summed E-state index contributed by atoms with van der Waals surface area (Å²) in [6.45, 7) is 0.898. The van der Waals surface area contributed by atoms with Gasteiger partial charge in [-0.3, -0.25) is 9.59 Å². The predicted octanol–water partition coefficient (Wildman–Crippen LogP) is 1.66. The number of ether oxygens (including phenoxy) is 1. The van der Waals surface area contributed by atoms with Gasteiger partial charge in [-0.05, 0) is 31.2 Å². The lowest BCUT2D eigenvalue weighted by Gasteiger charge is -2.09. The first-order chi connectivity index (χ1) is 11.0. The van der Waals surface area contributed by atoms with Crippen LogP contribution in [-0.2, 0) is 9.53 Å². The zero-order chi connectivity index (χ0) is 16.8. The summed E-state index contributed by atoms with van der Waals surface area (Å²) in [6, 6.07) is 9.56. The van der Waals surface area contributed by atoms with Crippen molar-refractivity contribution in [2.45, 2.75) is 6.92 Å². The van der Waals surface area contributed by atoms with Crippen molar-refractivity contribution in [3.63, 3.8) is 0 Å². The molecule has 7 heteroatoms. The number of benzene rings is 1. The van der Waals surface area contributed by atoms with Crippen LogP contribution in [0.25, 0.3) is 0 Å². The molecular weight excluding hydrogens is 298 g/mol. The molecule has 2 rings (SSSR count). The molecule has 1 heterocycles. The standard InChI is InChI=1S/C16H15N3O4/c1-10(20)11-5-2-3-7-13(11)19-14(21)9-23-16(22)12-6-4-8-18-15(12)17/h2-8H,9H2,1H3,(H2,17,18)(H,19,21). The van der Waals surface area contributed by atoms with E-state index in [1.54, 1.807) is 24.3 Å². The van der Waals surface area contributed by atoms with Gasteiger partial charge in [0.1, 0.15) is 11.4 Å². The highest BCUT2D eigenvalue weighted by Gasteiger charge is 2.15. The lowest BCUT2D eigenvalue weighted by molar-refractivity contribution is -0.119. The molecule has 7 nitrogen and oxygen atoms in total. The number of hydrogen-bond donors (Lipinski definition) is 2. The Hall–Kier alpha value is -3.22. The molecule has 2 aromatic rings. The average molecular weight is 313 g/mol. The van der Waals surface area contributed by atoms with Gasteiger partial charge in [-0.1, -0.05) is 12.1 Å². The fourth-order valence-corrected chi connectivity index (χ4v) is 1.88. The molecule has 1 amide bonds. The Kier molecular flexibility index (Phi) is 5.03. The van der Waals surface area contributed by atoms with Gasteiger partial charge in [-0.2, -0.15) is 0 Å². The Morgan fingerprint density at radius 3 is 2.52 bits per heavy atom. The molecular formula is C16H15N3O4. The third kappa shape index (κ3) is 4.13. The molecule has 0 bridgehead atoms. The van der Waals surface area contributed by atoms with E-state index in [1.165, 1.54) is 25.3 Å². The van der Waals surface area contributed by atoms with Crippen LogP contribution in [0.3, 0.4) is 0 Å². The topological polar surface area (TPSA) is 111 Å². The summed E-state index contributed by atoms with van der Waals surface area (Å²) in [5.41, 5.74) is 6.38. The predicted molar refractivity (Wildman–Crippen MR) is 84.0 cm³/mol. The van der Waals surface area contributed by atoms with E-state index in [1.807, 2.05) is 0 Å². The number of ketones is 1. The summed E-state index contributed by atoms with van der Waals surface area (Å²) in [7, 11) is 0. The van der Waals surface area contributed by atoms with Crippen LogP contribution in [-0.4, -0.2) is 29.3 Å².